The van der Waals surface area contributed by atoms with E-state index >= 15 is 0 Å². The number of rotatable bonds is 3. The fraction of sp³-hybridized carbons (Fsp3) is 0.400. The van der Waals surface area contributed by atoms with E-state index in [1.807, 2.05) is 12.3 Å². The van der Waals surface area contributed by atoms with Crippen LogP contribution in [0.5, 0.6) is 11.5 Å². The van der Waals surface area contributed by atoms with Crippen molar-refractivity contribution < 1.29 is 14.8 Å². The first-order valence-electron chi connectivity index (χ1n) is 6.46. The van der Waals surface area contributed by atoms with Gasteiger partial charge in [0.1, 0.15) is 0 Å². The molecular formula is C15H20NO2S+. The highest BCUT2D eigenvalue weighted by Gasteiger charge is 2.18. The van der Waals surface area contributed by atoms with Gasteiger partial charge < -0.3 is 10.2 Å². The van der Waals surface area contributed by atoms with Gasteiger partial charge in [0.2, 0.25) is 0 Å². The van der Waals surface area contributed by atoms with Gasteiger partial charge in [-0.05, 0) is 26.0 Å². The number of aromatic nitrogens is 1. The first-order valence-corrected chi connectivity index (χ1v) is 7.34. The zero-order valence-electron chi connectivity index (χ0n) is 11.7. The molecule has 1 aromatic carbocycles. The summed E-state index contributed by atoms with van der Waals surface area (Å²) in [5.74, 6) is -0.118. The van der Waals surface area contributed by atoms with Crippen LogP contribution >= 0.6 is 11.8 Å². The van der Waals surface area contributed by atoms with Gasteiger partial charge in [0.05, 0.1) is 10.3 Å². The number of aromatic hydroxyl groups is 2. The van der Waals surface area contributed by atoms with Gasteiger partial charge >= 0.3 is 0 Å². The summed E-state index contributed by atoms with van der Waals surface area (Å²) in [5.41, 5.74) is 0. The molecule has 0 saturated heterocycles. The van der Waals surface area contributed by atoms with Crippen LogP contribution in [0.2, 0.25) is 0 Å². The van der Waals surface area contributed by atoms with Crippen molar-refractivity contribution in [2.45, 2.75) is 43.9 Å². The highest BCUT2D eigenvalue weighted by Crippen LogP contribution is 2.37. The minimum Gasteiger partial charge on any atom is -0.504 e. The predicted molar refractivity (Wildman–Crippen MR) is 78.9 cm³/mol. The summed E-state index contributed by atoms with van der Waals surface area (Å²) in [6.07, 6.45) is 3.99. The quantitative estimate of drug-likeness (QED) is 0.512. The van der Waals surface area contributed by atoms with Gasteiger partial charge in [0.15, 0.2) is 29.9 Å². The Bertz CT molecular complexity index is 609. The molecule has 0 aliphatic carbocycles. The van der Waals surface area contributed by atoms with Crippen LogP contribution in [0, 0.1) is 0 Å². The molecule has 19 heavy (non-hydrogen) atoms. The Labute approximate surface area is 117 Å². The summed E-state index contributed by atoms with van der Waals surface area (Å²) >= 11 is 1.76. The second-order valence-corrected chi connectivity index (χ2v) is 6.84. The summed E-state index contributed by atoms with van der Waals surface area (Å²) in [4.78, 5) is 1.12. The standard InChI is InChI=1S/C15H19NO2S/c1-9(2)16-7-12-11(5-6-13(17)15(12)18)14(8-16)19-10(3)4/h5-10,17H,1-4H3/p+1. The van der Waals surface area contributed by atoms with Gasteiger partial charge in [-0.2, -0.15) is 0 Å². The number of phenols is 2. The second-order valence-electron chi connectivity index (χ2n) is 5.22. The lowest BCUT2D eigenvalue weighted by molar-refractivity contribution is -0.716. The average molecular weight is 278 g/mol. The number of phenolic OH excluding ortho intramolecular Hbond substituents is 2. The third-order valence-corrected chi connectivity index (χ3v) is 4.02. The summed E-state index contributed by atoms with van der Waals surface area (Å²) in [6, 6.07) is 3.71. The Morgan fingerprint density at radius 1 is 1.00 bits per heavy atom. The number of thioether (sulfide) groups is 1. The lowest BCUT2D eigenvalue weighted by Crippen LogP contribution is -2.35. The van der Waals surface area contributed by atoms with Crippen molar-refractivity contribution in [3.8, 4) is 11.5 Å². The number of hydrogen-bond donors (Lipinski definition) is 2. The van der Waals surface area contributed by atoms with E-state index < -0.39 is 0 Å². The van der Waals surface area contributed by atoms with Crippen molar-refractivity contribution in [2.24, 2.45) is 0 Å². The van der Waals surface area contributed by atoms with Gasteiger partial charge in [-0.25, -0.2) is 4.57 Å². The second kappa shape index (κ2) is 5.29. The zero-order chi connectivity index (χ0) is 14.2. The molecule has 0 unspecified atom stereocenters. The molecule has 0 fully saturated rings. The smallest absolute Gasteiger partial charge is 0.183 e. The average Bonchev–Trinajstić information content (AvgIpc) is 2.33. The molecule has 2 N–H and O–H groups in total. The third-order valence-electron chi connectivity index (χ3n) is 2.96. The molecule has 0 amide bonds. The van der Waals surface area contributed by atoms with Crippen molar-refractivity contribution >= 4 is 22.5 Å². The highest BCUT2D eigenvalue weighted by atomic mass is 32.2. The van der Waals surface area contributed by atoms with Crippen molar-refractivity contribution in [3.63, 3.8) is 0 Å². The molecule has 2 rings (SSSR count). The van der Waals surface area contributed by atoms with Crippen LogP contribution in [0.3, 0.4) is 0 Å². The molecule has 1 aromatic heterocycles. The van der Waals surface area contributed by atoms with Gasteiger partial charge in [-0.3, -0.25) is 0 Å². The predicted octanol–water partition coefficient (Wildman–Crippen LogP) is 3.62. The number of benzene rings is 1. The van der Waals surface area contributed by atoms with Gasteiger partial charge in [0, 0.05) is 10.6 Å². The van der Waals surface area contributed by atoms with E-state index in [2.05, 4.69) is 38.5 Å². The van der Waals surface area contributed by atoms with Crippen molar-refractivity contribution in [2.75, 3.05) is 0 Å². The summed E-state index contributed by atoms with van der Waals surface area (Å²) in [7, 11) is 0. The van der Waals surface area contributed by atoms with Crippen LogP contribution in [0.15, 0.2) is 29.4 Å². The van der Waals surface area contributed by atoms with Gasteiger partial charge in [-0.15, -0.1) is 11.8 Å². The van der Waals surface area contributed by atoms with Crippen LogP contribution in [0.4, 0.5) is 0 Å². The zero-order valence-corrected chi connectivity index (χ0v) is 12.5. The lowest BCUT2D eigenvalue weighted by atomic mass is 10.1. The number of hydrogen-bond acceptors (Lipinski definition) is 3. The monoisotopic (exact) mass is 278 g/mol. The van der Waals surface area contributed by atoms with Crippen molar-refractivity contribution in [3.05, 3.63) is 24.5 Å². The van der Waals surface area contributed by atoms with Crippen molar-refractivity contribution in [1.29, 1.82) is 0 Å². The Morgan fingerprint density at radius 2 is 1.68 bits per heavy atom. The van der Waals surface area contributed by atoms with E-state index in [0.29, 0.717) is 16.7 Å². The fourth-order valence-electron chi connectivity index (χ4n) is 1.98. The normalized spacial score (nSPS) is 11.7. The van der Waals surface area contributed by atoms with Crippen molar-refractivity contribution in [1.82, 2.24) is 0 Å². The summed E-state index contributed by atoms with van der Waals surface area (Å²) in [6.45, 7) is 8.47. The molecule has 0 atom stereocenters. The van der Waals surface area contributed by atoms with Crippen LogP contribution in [0.25, 0.3) is 10.8 Å². The molecule has 0 aliphatic rings. The SMILES string of the molecule is CC(C)Sc1c[n+](C(C)C)cc2c(O)c(O)ccc12. The number of nitrogens with zero attached hydrogens (tertiary/aromatic N) is 1. The molecule has 0 radical (unpaired) electrons. The number of fused-ring (bicyclic) bond motifs is 1. The Balaban J connectivity index is 2.74. The van der Waals surface area contributed by atoms with Gasteiger partial charge in [-0.1, -0.05) is 13.8 Å². The minimum atomic E-state index is -0.0745. The Morgan fingerprint density at radius 3 is 2.26 bits per heavy atom. The maximum absolute atomic E-state index is 10.1. The Kier molecular flexibility index (Phi) is 3.90. The molecule has 3 nitrogen and oxygen atoms in total. The Hall–Kier alpha value is -1.42. The highest BCUT2D eigenvalue weighted by molar-refractivity contribution is 8.00. The van der Waals surface area contributed by atoms with E-state index in [1.54, 1.807) is 17.8 Å². The molecular weight excluding hydrogens is 258 g/mol. The molecule has 102 valence electrons. The van der Waals surface area contributed by atoms with Crippen LogP contribution in [-0.4, -0.2) is 15.5 Å². The molecule has 0 saturated carbocycles. The molecule has 0 spiro atoms. The van der Waals surface area contributed by atoms with E-state index in [1.165, 1.54) is 0 Å². The number of pyridine rings is 1. The van der Waals surface area contributed by atoms with Crippen LogP contribution in [0.1, 0.15) is 33.7 Å². The van der Waals surface area contributed by atoms with Crippen LogP contribution < -0.4 is 4.57 Å². The molecule has 0 bridgehead atoms. The minimum absolute atomic E-state index is 0.0434. The first-order chi connectivity index (χ1) is 8.90. The topological polar surface area (TPSA) is 44.3 Å². The maximum Gasteiger partial charge on any atom is 0.183 e. The van der Waals surface area contributed by atoms with E-state index in [0.717, 1.165) is 10.3 Å². The first kappa shape index (κ1) is 14.0. The maximum atomic E-state index is 10.1. The van der Waals surface area contributed by atoms with E-state index in [9.17, 15) is 10.2 Å². The van der Waals surface area contributed by atoms with E-state index in [-0.39, 0.29) is 11.5 Å². The molecule has 1 heterocycles. The summed E-state index contributed by atoms with van der Waals surface area (Å²) < 4.78 is 2.06. The molecule has 0 aliphatic heterocycles. The van der Waals surface area contributed by atoms with Crippen LogP contribution in [-0.2, 0) is 0 Å². The molecule has 4 heteroatoms. The van der Waals surface area contributed by atoms with E-state index in [4.69, 9.17) is 0 Å². The van der Waals surface area contributed by atoms with Gasteiger partial charge in [0.25, 0.3) is 0 Å². The summed E-state index contributed by atoms with van der Waals surface area (Å²) in [5, 5.41) is 21.8. The molecule has 2 aromatic rings. The largest absolute Gasteiger partial charge is 0.504 e. The third kappa shape index (κ3) is 2.78. The lowest BCUT2D eigenvalue weighted by Gasteiger charge is -2.11. The fourth-order valence-corrected chi connectivity index (χ4v) is 2.97.